The third kappa shape index (κ3) is 4.43. The highest BCUT2D eigenvalue weighted by Gasteiger charge is 2.28. The van der Waals surface area contributed by atoms with Crippen molar-refractivity contribution in [1.82, 2.24) is 25.3 Å². The van der Waals surface area contributed by atoms with Crippen molar-refractivity contribution in [3.05, 3.63) is 23.4 Å². The zero-order valence-electron chi connectivity index (χ0n) is 14.6. The lowest BCUT2D eigenvalue weighted by atomic mass is 9.96. The van der Waals surface area contributed by atoms with Gasteiger partial charge in [-0.3, -0.25) is 9.69 Å². The summed E-state index contributed by atoms with van der Waals surface area (Å²) in [4.78, 5) is 22.4. The van der Waals surface area contributed by atoms with Crippen LogP contribution in [0.5, 0.6) is 0 Å². The van der Waals surface area contributed by atoms with Crippen LogP contribution in [0.25, 0.3) is 10.7 Å². The lowest BCUT2D eigenvalue weighted by Crippen LogP contribution is -2.51. The number of carbonyl (C=O) groups excluding carboxylic acids is 1. The Morgan fingerprint density at radius 3 is 2.73 bits per heavy atom. The number of halogens is 1. The normalized spacial score (nSPS) is 19.3. The fourth-order valence-electron chi connectivity index (χ4n) is 3.47. The standard InChI is InChI=1S/C17H23N5O2S.ClH/c23-17(13-3-5-18-6-4-13)22-9-7-21(8-10-22)12-15-19-16(20-24-15)14-2-1-11-25-14;/h1-2,11,13,18H,3-10,12H2;1H. The lowest BCUT2D eigenvalue weighted by molar-refractivity contribution is -0.138. The number of thiophene rings is 1. The molecule has 0 aliphatic carbocycles. The van der Waals surface area contributed by atoms with Gasteiger partial charge in [-0.2, -0.15) is 4.98 Å². The van der Waals surface area contributed by atoms with Crippen molar-refractivity contribution < 1.29 is 9.32 Å². The number of carbonyl (C=O) groups is 1. The zero-order valence-corrected chi connectivity index (χ0v) is 16.2. The molecule has 2 saturated heterocycles. The van der Waals surface area contributed by atoms with E-state index in [-0.39, 0.29) is 18.3 Å². The predicted molar refractivity (Wildman–Crippen MR) is 102 cm³/mol. The number of nitrogens with one attached hydrogen (secondary N) is 1. The highest BCUT2D eigenvalue weighted by molar-refractivity contribution is 7.13. The molecule has 0 radical (unpaired) electrons. The van der Waals surface area contributed by atoms with E-state index in [1.54, 1.807) is 11.3 Å². The molecular weight excluding hydrogens is 374 g/mol. The molecule has 1 N–H and O–H groups in total. The molecule has 4 rings (SSSR count). The van der Waals surface area contributed by atoms with Gasteiger partial charge in [-0.15, -0.1) is 23.7 Å². The van der Waals surface area contributed by atoms with Crippen molar-refractivity contribution in [2.24, 2.45) is 5.92 Å². The number of rotatable bonds is 4. The number of piperazine rings is 1. The van der Waals surface area contributed by atoms with Gasteiger partial charge in [-0.1, -0.05) is 11.2 Å². The molecule has 0 unspecified atom stereocenters. The Hall–Kier alpha value is -1.48. The van der Waals surface area contributed by atoms with Crippen molar-refractivity contribution in [1.29, 1.82) is 0 Å². The summed E-state index contributed by atoms with van der Waals surface area (Å²) >= 11 is 1.61. The van der Waals surface area contributed by atoms with Crippen molar-refractivity contribution >= 4 is 29.7 Å². The lowest BCUT2D eigenvalue weighted by Gasteiger charge is -2.36. The van der Waals surface area contributed by atoms with Gasteiger partial charge in [0.1, 0.15) is 0 Å². The first-order chi connectivity index (χ1) is 12.3. The van der Waals surface area contributed by atoms with Gasteiger partial charge in [-0.05, 0) is 37.4 Å². The van der Waals surface area contributed by atoms with Crippen LogP contribution in [-0.4, -0.2) is 65.1 Å². The fourth-order valence-corrected chi connectivity index (χ4v) is 4.12. The molecule has 0 bridgehead atoms. The van der Waals surface area contributed by atoms with Gasteiger partial charge in [0.25, 0.3) is 0 Å². The molecule has 26 heavy (non-hydrogen) atoms. The van der Waals surface area contributed by atoms with Gasteiger partial charge in [0.05, 0.1) is 11.4 Å². The molecule has 2 fully saturated rings. The zero-order chi connectivity index (χ0) is 17.1. The molecule has 2 aromatic heterocycles. The Balaban J connectivity index is 0.00000196. The second-order valence-corrected chi connectivity index (χ2v) is 7.56. The average Bonchev–Trinajstić information content (AvgIpc) is 3.34. The van der Waals surface area contributed by atoms with E-state index in [1.165, 1.54) is 0 Å². The van der Waals surface area contributed by atoms with E-state index in [0.717, 1.165) is 57.0 Å². The van der Waals surface area contributed by atoms with Gasteiger partial charge in [0, 0.05) is 32.1 Å². The first-order valence-electron chi connectivity index (χ1n) is 8.88. The van der Waals surface area contributed by atoms with Crippen LogP contribution < -0.4 is 5.32 Å². The highest BCUT2D eigenvalue weighted by Crippen LogP contribution is 2.22. The molecule has 7 nitrogen and oxygen atoms in total. The summed E-state index contributed by atoms with van der Waals surface area (Å²) in [5.41, 5.74) is 0. The molecule has 142 valence electrons. The molecule has 0 spiro atoms. The minimum atomic E-state index is 0. The van der Waals surface area contributed by atoms with Crippen molar-refractivity contribution in [3.63, 3.8) is 0 Å². The topological polar surface area (TPSA) is 74.5 Å². The minimum absolute atomic E-state index is 0. The van der Waals surface area contributed by atoms with Crippen LogP contribution in [0, 0.1) is 5.92 Å². The molecule has 0 aromatic carbocycles. The smallest absolute Gasteiger partial charge is 0.241 e. The first-order valence-corrected chi connectivity index (χ1v) is 9.76. The first kappa shape index (κ1) is 19.3. The predicted octanol–water partition coefficient (Wildman–Crippen LogP) is 1.86. The Kier molecular flexibility index (Phi) is 6.63. The molecule has 2 aromatic rings. The second kappa shape index (κ2) is 8.94. The summed E-state index contributed by atoms with van der Waals surface area (Å²) in [5, 5.41) is 9.38. The number of piperidine rings is 1. The van der Waals surface area contributed by atoms with E-state index in [9.17, 15) is 4.79 Å². The summed E-state index contributed by atoms with van der Waals surface area (Å²) in [6, 6.07) is 3.97. The fraction of sp³-hybridized carbons (Fsp3) is 0.588. The Morgan fingerprint density at radius 2 is 2.04 bits per heavy atom. The van der Waals surface area contributed by atoms with Crippen LogP contribution >= 0.6 is 23.7 Å². The molecule has 0 saturated carbocycles. The summed E-state index contributed by atoms with van der Waals surface area (Å²) < 4.78 is 5.38. The highest BCUT2D eigenvalue weighted by atomic mass is 35.5. The van der Waals surface area contributed by atoms with Crippen molar-refractivity contribution in [3.8, 4) is 10.7 Å². The van der Waals surface area contributed by atoms with Gasteiger partial charge < -0.3 is 14.7 Å². The van der Waals surface area contributed by atoms with E-state index in [0.29, 0.717) is 24.2 Å². The number of aromatic nitrogens is 2. The van der Waals surface area contributed by atoms with E-state index in [1.807, 2.05) is 22.4 Å². The summed E-state index contributed by atoms with van der Waals surface area (Å²) in [6.07, 6.45) is 1.93. The Bertz CT molecular complexity index is 694. The molecule has 2 aliphatic heterocycles. The Labute approximate surface area is 163 Å². The third-order valence-corrected chi connectivity index (χ3v) is 5.81. The number of hydrogen-bond acceptors (Lipinski definition) is 7. The monoisotopic (exact) mass is 397 g/mol. The van der Waals surface area contributed by atoms with Crippen LogP contribution in [0.2, 0.25) is 0 Å². The summed E-state index contributed by atoms with van der Waals surface area (Å²) in [7, 11) is 0. The van der Waals surface area contributed by atoms with E-state index >= 15 is 0 Å². The molecule has 4 heterocycles. The van der Waals surface area contributed by atoms with Crippen LogP contribution in [-0.2, 0) is 11.3 Å². The third-order valence-electron chi connectivity index (χ3n) is 4.94. The van der Waals surface area contributed by atoms with Gasteiger partial charge in [-0.25, -0.2) is 0 Å². The van der Waals surface area contributed by atoms with Crippen LogP contribution in [0.3, 0.4) is 0 Å². The average molecular weight is 398 g/mol. The van der Waals surface area contributed by atoms with Crippen molar-refractivity contribution in [2.45, 2.75) is 19.4 Å². The SMILES string of the molecule is Cl.O=C(C1CCNCC1)N1CCN(Cc2nc(-c3cccs3)no2)CC1. The molecule has 2 aliphatic rings. The van der Waals surface area contributed by atoms with Crippen LogP contribution in [0.1, 0.15) is 18.7 Å². The quantitative estimate of drug-likeness (QED) is 0.848. The maximum absolute atomic E-state index is 12.6. The van der Waals surface area contributed by atoms with Gasteiger partial charge >= 0.3 is 0 Å². The largest absolute Gasteiger partial charge is 0.340 e. The molecule has 1 amide bonds. The summed E-state index contributed by atoms with van der Waals surface area (Å²) in [5.74, 6) is 1.84. The summed E-state index contributed by atoms with van der Waals surface area (Å²) in [6.45, 7) is 5.85. The Morgan fingerprint density at radius 1 is 1.27 bits per heavy atom. The van der Waals surface area contributed by atoms with Crippen LogP contribution in [0.4, 0.5) is 0 Å². The maximum Gasteiger partial charge on any atom is 0.241 e. The molecular formula is C17H24ClN5O2S. The number of hydrogen-bond donors (Lipinski definition) is 1. The minimum Gasteiger partial charge on any atom is -0.340 e. The molecule has 0 atom stereocenters. The molecule has 9 heteroatoms. The van der Waals surface area contributed by atoms with E-state index in [2.05, 4.69) is 20.4 Å². The number of amides is 1. The van der Waals surface area contributed by atoms with E-state index < -0.39 is 0 Å². The van der Waals surface area contributed by atoms with Crippen LogP contribution in [0.15, 0.2) is 22.0 Å². The van der Waals surface area contributed by atoms with Gasteiger partial charge in [0.2, 0.25) is 17.6 Å². The maximum atomic E-state index is 12.6. The second-order valence-electron chi connectivity index (χ2n) is 6.61. The van der Waals surface area contributed by atoms with E-state index in [4.69, 9.17) is 4.52 Å². The van der Waals surface area contributed by atoms with Gasteiger partial charge in [0.15, 0.2) is 0 Å². The number of nitrogens with zero attached hydrogens (tertiary/aromatic N) is 4. The van der Waals surface area contributed by atoms with Crippen molar-refractivity contribution in [2.75, 3.05) is 39.3 Å².